The summed E-state index contributed by atoms with van der Waals surface area (Å²) >= 11 is 0. The van der Waals surface area contributed by atoms with Crippen molar-refractivity contribution in [3.05, 3.63) is 12.2 Å². The second-order valence-corrected chi connectivity index (χ2v) is 4.43. The molecule has 0 aromatic rings. The minimum Gasteiger partial charge on any atom is -0.314 e. The normalized spacial score (nSPS) is 18.6. The second kappa shape index (κ2) is 5.43. The summed E-state index contributed by atoms with van der Waals surface area (Å²) in [4.78, 5) is 0. The first-order chi connectivity index (χ1) is 6.22. The van der Waals surface area contributed by atoms with E-state index in [2.05, 4.69) is 25.7 Å². The van der Waals surface area contributed by atoms with E-state index in [1.54, 1.807) is 0 Å². The summed E-state index contributed by atoms with van der Waals surface area (Å²) in [6, 6.07) is 0.745. The number of nitrogens with one attached hydrogen (secondary N) is 1. The van der Waals surface area contributed by atoms with E-state index in [4.69, 9.17) is 0 Å². The van der Waals surface area contributed by atoms with Crippen LogP contribution in [0.1, 0.15) is 46.0 Å². The van der Waals surface area contributed by atoms with E-state index in [9.17, 15) is 0 Å². The van der Waals surface area contributed by atoms with Crippen molar-refractivity contribution in [2.45, 2.75) is 52.0 Å². The molecule has 0 spiro atoms. The van der Waals surface area contributed by atoms with E-state index >= 15 is 0 Å². The second-order valence-electron chi connectivity index (χ2n) is 4.43. The van der Waals surface area contributed by atoms with Gasteiger partial charge in [-0.05, 0) is 38.6 Å². The minimum absolute atomic E-state index is 0.745. The lowest BCUT2D eigenvalue weighted by Gasteiger charge is -2.17. The summed E-state index contributed by atoms with van der Waals surface area (Å²) in [6.07, 6.45) is 6.79. The Bertz CT molecular complexity index is 159. The Kier molecular flexibility index (Phi) is 4.51. The minimum atomic E-state index is 0.745. The maximum atomic E-state index is 3.95. The molecular weight excluding hydrogens is 158 g/mol. The molecule has 1 aliphatic rings. The van der Waals surface area contributed by atoms with Gasteiger partial charge in [-0.2, -0.15) is 0 Å². The van der Waals surface area contributed by atoms with Crippen molar-refractivity contribution in [2.24, 2.45) is 5.92 Å². The maximum Gasteiger partial charge on any atom is 0.00726 e. The highest BCUT2D eigenvalue weighted by atomic mass is 14.9. The van der Waals surface area contributed by atoms with Crippen molar-refractivity contribution in [1.82, 2.24) is 5.32 Å². The molecule has 0 radical (unpaired) electrons. The molecular formula is C12H23N. The van der Waals surface area contributed by atoms with Gasteiger partial charge in [0.1, 0.15) is 0 Å². The van der Waals surface area contributed by atoms with Crippen LogP contribution < -0.4 is 5.32 Å². The predicted molar refractivity (Wildman–Crippen MR) is 58.9 cm³/mol. The molecule has 0 amide bonds. The standard InChI is InChI=1S/C12H23N/c1-4-13-12(8-5-10(2)3)9-11-6-7-11/h11-13H,2,4-9H2,1,3H3. The van der Waals surface area contributed by atoms with Crippen molar-refractivity contribution >= 4 is 0 Å². The van der Waals surface area contributed by atoms with Crippen LogP contribution in [-0.2, 0) is 0 Å². The largest absolute Gasteiger partial charge is 0.314 e. The zero-order chi connectivity index (χ0) is 9.68. The smallest absolute Gasteiger partial charge is 0.00726 e. The van der Waals surface area contributed by atoms with Gasteiger partial charge in [-0.3, -0.25) is 0 Å². The molecule has 0 aromatic carbocycles. The number of hydrogen-bond acceptors (Lipinski definition) is 1. The lowest BCUT2D eigenvalue weighted by atomic mass is 10.0. The van der Waals surface area contributed by atoms with E-state index in [1.165, 1.54) is 37.7 Å². The van der Waals surface area contributed by atoms with E-state index in [-0.39, 0.29) is 0 Å². The van der Waals surface area contributed by atoms with Gasteiger partial charge in [-0.15, -0.1) is 6.58 Å². The highest BCUT2D eigenvalue weighted by molar-refractivity contribution is 4.90. The third kappa shape index (κ3) is 5.09. The first-order valence-corrected chi connectivity index (χ1v) is 5.60. The number of allylic oxidation sites excluding steroid dienone is 1. The van der Waals surface area contributed by atoms with Gasteiger partial charge in [0, 0.05) is 6.04 Å². The van der Waals surface area contributed by atoms with Crippen molar-refractivity contribution in [3.63, 3.8) is 0 Å². The summed E-state index contributed by atoms with van der Waals surface area (Å²) in [5, 5.41) is 3.57. The van der Waals surface area contributed by atoms with Crippen LogP contribution in [0.4, 0.5) is 0 Å². The summed E-state index contributed by atoms with van der Waals surface area (Å²) < 4.78 is 0. The molecule has 1 N–H and O–H groups in total. The molecule has 0 aliphatic heterocycles. The fourth-order valence-electron chi connectivity index (χ4n) is 1.77. The Labute approximate surface area is 82.6 Å². The van der Waals surface area contributed by atoms with Gasteiger partial charge >= 0.3 is 0 Å². The van der Waals surface area contributed by atoms with Crippen LogP contribution in [0.5, 0.6) is 0 Å². The average molecular weight is 181 g/mol. The quantitative estimate of drug-likeness (QED) is 0.595. The SMILES string of the molecule is C=C(C)CCC(CC1CC1)NCC. The molecule has 1 saturated carbocycles. The molecule has 1 atom stereocenters. The molecule has 1 nitrogen and oxygen atoms in total. The van der Waals surface area contributed by atoms with E-state index in [0.29, 0.717) is 0 Å². The third-order valence-electron chi connectivity index (χ3n) is 2.73. The summed E-state index contributed by atoms with van der Waals surface area (Å²) in [7, 11) is 0. The molecule has 1 fully saturated rings. The Morgan fingerprint density at radius 2 is 2.23 bits per heavy atom. The number of rotatable bonds is 7. The summed E-state index contributed by atoms with van der Waals surface area (Å²) in [6.45, 7) is 9.38. The van der Waals surface area contributed by atoms with Crippen LogP contribution >= 0.6 is 0 Å². The lowest BCUT2D eigenvalue weighted by molar-refractivity contribution is 0.442. The molecule has 1 unspecified atom stereocenters. The topological polar surface area (TPSA) is 12.0 Å². The zero-order valence-electron chi connectivity index (χ0n) is 9.10. The van der Waals surface area contributed by atoms with E-state index < -0.39 is 0 Å². The summed E-state index contributed by atoms with van der Waals surface area (Å²) in [5.74, 6) is 1.04. The Morgan fingerprint density at radius 1 is 1.54 bits per heavy atom. The van der Waals surface area contributed by atoms with Gasteiger partial charge in [0.2, 0.25) is 0 Å². The van der Waals surface area contributed by atoms with Gasteiger partial charge in [-0.25, -0.2) is 0 Å². The van der Waals surface area contributed by atoms with Gasteiger partial charge in [0.25, 0.3) is 0 Å². The van der Waals surface area contributed by atoms with Crippen LogP contribution in [-0.4, -0.2) is 12.6 Å². The lowest BCUT2D eigenvalue weighted by Crippen LogP contribution is -2.29. The van der Waals surface area contributed by atoms with Crippen LogP contribution in [0.15, 0.2) is 12.2 Å². The Hall–Kier alpha value is -0.300. The highest BCUT2D eigenvalue weighted by Gasteiger charge is 2.24. The molecule has 1 aliphatic carbocycles. The summed E-state index contributed by atoms with van der Waals surface area (Å²) in [5.41, 5.74) is 1.32. The first-order valence-electron chi connectivity index (χ1n) is 5.60. The van der Waals surface area contributed by atoms with Gasteiger partial charge in [-0.1, -0.05) is 25.3 Å². The zero-order valence-corrected chi connectivity index (χ0v) is 9.10. The van der Waals surface area contributed by atoms with Gasteiger partial charge < -0.3 is 5.32 Å². The van der Waals surface area contributed by atoms with Gasteiger partial charge in [0.15, 0.2) is 0 Å². The van der Waals surface area contributed by atoms with Crippen LogP contribution in [0, 0.1) is 5.92 Å². The molecule has 0 heterocycles. The fraction of sp³-hybridized carbons (Fsp3) is 0.833. The molecule has 0 bridgehead atoms. The van der Waals surface area contributed by atoms with Gasteiger partial charge in [0.05, 0.1) is 0 Å². The monoisotopic (exact) mass is 181 g/mol. The molecule has 13 heavy (non-hydrogen) atoms. The first kappa shape index (κ1) is 10.8. The maximum absolute atomic E-state index is 3.95. The average Bonchev–Trinajstić information content (AvgIpc) is 2.84. The Morgan fingerprint density at radius 3 is 2.69 bits per heavy atom. The Balaban J connectivity index is 2.15. The van der Waals surface area contributed by atoms with Crippen molar-refractivity contribution < 1.29 is 0 Å². The molecule has 1 heteroatoms. The fourth-order valence-corrected chi connectivity index (χ4v) is 1.77. The van der Waals surface area contributed by atoms with E-state index in [1.807, 2.05) is 0 Å². The third-order valence-corrected chi connectivity index (χ3v) is 2.73. The van der Waals surface area contributed by atoms with Crippen molar-refractivity contribution in [3.8, 4) is 0 Å². The molecule has 0 saturated heterocycles. The van der Waals surface area contributed by atoms with Crippen LogP contribution in [0.3, 0.4) is 0 Å². The van der Waals surface area contributed by atoms with Crippen LogP contribution in [0.2, 0.25) is 0 Å². The van der Waals surface area contributed by atoms with Crippen molar-refractivity contribution in [2.75, 3.05) is 6.54 Å². The molecule has 1 rings (SSSR count). The predicted octanol–water partition coefficient (Wildman–Crippen LogP) is 3.12. The number of hydrogen-bond donors (Lipinski definition) is 1. The molecule has 0 aromatic heterocycles. The molecule has 76 valence electrons. The highest BCUT2D eigenvalue weighted by Crippen LogP contribution is 2.34. The van der Waals surface area contributed by atoms with E-state index in [0.717, 1.165) is 18.5 Å². The van der Waals surface area contributed by atoms with Crippen molar-refractivity contribution in [1.29, 1.82) is 0 Å². The van der Waals surface area contributed by atoms with Crippen LogP contribution in [0.25, 0.3) is 0 Å².